The minimum Gasteiger partial charge on any atom is -0.480 e. The van der Waals surface area contributed by atoms with E-state index in [1.165, 1.54) is 0 Å². The molecule has 0 bridgehead atoms. The summed E-state index contributed by atoms with van der Waals surface area (Å²) < 4.78 is 5.59. The third-order valence-corrected chi connectivity index (χ3v) is 6.97. The zero-order valence-electron chi connectivity index (χ0n) is 20.3. The van der Waals surface area contributed by atoms with Gasteiger partial charge in [0, 0.05) is 12.5 Å². The second-order valence-corrected chi connectivity index (χ2v) is 9.20. The number of carbonyl (C=O) groups is 3. The summed E-state index contributed by atoms with van der Waals surface area (Å²) in [5, 5.41) is 14.8. The van der Waals surface area contributed by atoms with Crippen LogP contribution in [0, 0.1) is 11.3 Å². The maximum Gasteiger partial charge on any atom is 0.407 e. The first-order valence-corrected chi connectivity index (χ1v) is 11.9. The third kappa shape index (κ3) is 5.08. The highest BCUT2D eigenvalue weighted by atomic mass is 16.5. The first-order chi connectivity index (χ1) is 16.2. The maximum absolute atomic E-state index is 13.0. The van der Waals surface area contributed by atoms with Gasteiger partial charge in [0.1, 0.15) is 12.6 Å². The van der Waals surface area contributed by atoms with Crippen LogP contribution >= 0.6 is 0 Å². The van der Waals surface area contributed by atoms with Gasteiger partial charge in [-0.15, -0.1) is 0 Å². The molecular formula is C27H34N2O5. The van der Waals surface area contributed by atoms with Crippen molar-refractivity contribution in [2.75, 3.05) is 13.2 Å². The van der Waals surface area contributed by atoms with Crippen molar-refractivity contribution in [3.63, 3.8) is 0 Å². The summed E-state index contributed by atoms with van der Waals surface area (Å²) in [6.45, 7) is 7.45. The summed E-state index contributed by atoms with van der Waals surface area (Å²) in [7, 11) is 0. The highest BCUT2D eigenvalue weighted by molar-refractivity contribution is 5.88. The topological polar surface area (TPSA) is 105 Å². The molecule has 182 valence electrons. The van der Waals surface area contributed by atoms with E-state index < -0.39 is 23.5 Å². The largest absolute Gasteiger partial charge is 0.480 e. The van der Waals surface area contributed by atoms with Gasteiger partial charge < -0.3 is 20.5 Å². The summed E-state index contributed by atoms with van der Waals surface area (Å²) in [5.41, 5.74) is 3.63. The average molecular weight is 467 g/mol. The fourth-order valence-electron chi connectivity index (χ4n) is 4.60. The molecule has 1 aliphatic rings. The van der Waals surface area contributed by atoms with E-state index in [0.717, 1.165) is 22.3 Å². The van der Waals surface area contributed by atoms with Crippen molar-refractivity contribution >= 4 is 18.0 Å². The fraction of sp³-hybridized carbons (Fsp3) is 0.444. The average Bonchev–Trinajstić information content (AvgIpc) is 3.15. The molecule has 0 saturated heterocycles. The Morgan fingerprint density at radius 1 is 0.971 bits per heavy atom. The number of hydrogen-bond donors (Lipinski definition) is 3. The smallest absolute Gasteiger partial charge is 0.407 e. The Morgan fingerprint density at radius 2 is 1.50 bits per heavy atom. The molecule has 0 spiro atoms. The molecule has 0 radical (unpaired) electrons. The molecule has 0 aromatic heterocycles. The standard InChI is InChI=1S/C27H34N2O5/c1-5-27(6-2,25(32)29-23(17(3)4)24(30)31)16-28-26(33)34-15-22-20-13-9-7-11-18(20)19-12-8-10-14-21(19)22/h7-14,17,22-23H,5-6,15-16H2,1-4H3,(H,28,33)(H,29,32)(H,30,31)/t23-/m1/s1. The van der Waals surface area contributed by atoms with E-state index in [-0.39, 0.29) is 30.9 Å². The number of hydrogen-bond acceptors (Lipinski definition) is 4. The molecule has 0 aliphatic heterocycles. The molecular weight excluding hydrogens is 432 g/mol. The second kappa shape index (κ2) is 10.7. The summed E-state index contributed by atoms with van der Waals surface area (Å²) in [6, 6.07) is 15.2. The lowest BCUT2D eigenvalue weighted by Gasteiger charge is -2.32. The number of carbonyl (C=O) groups excluding carboxylic acids is 2. The van der Waals surface area contributed by atoms with Crippen LogP contribution < -0.4 is 10.6 Å². The van der Waals surface area contributed by atoms with Gasteiger partial charge in [-0.2, -0.15) is 0 Å². The molecule has 0 unspecified atom stereocenters. The lowest BCUT2D eigenvalue weighted by Crippen LogP contribution is -2.53. The second-order valence-electron chi connectivity index (χ2n) is 9.20. The Labute approximate surface area is 200 Å². The van der Waals surface area contributed by atoms with Gasteiger partial charge in [-0.1, -0.05) is 76.2 Å². The predicted molar refractivity (Wildman–Crippen MR) is 130 cm³/mol. The first-order valence-electron chi connectivity index (χ1n) is 11.9. The Morgan fingerprint density at radius 3 is 1.97 bits per heavy atom. The van der Waals surface area contributed by atoms with Crippen molar-refractivity contribution in [3.8, 4) is 11.1 Å². The van der Waals surface area contributed by atoms with Crippen LogP contribution in [-0.2, 0) is 14.3 Å². The van der Waals surface area contributed by atoms with Crippen LogP contribution in [0.2, 0.25) is 0 Å². The quantitative estimate of drug-likeness (QED) is 0.476. The number of aliphatic carboxylic acids is 1. The van der Waals surface area contributed by atoms with Crippen LogP contribution in [-0.4, -0.2) is 42.3 Å². The third-order valence-electron chi connectivity index (χ3n) is 6.97. The van der Waals surface area contributed by atoms with Crippen molar-refractivity contribution in [1.82, 2.24) is 10.6 Å². The van der Waals surface area contributed by atoms with Crippen LogP contribution in [0.5, 0.6) is 0 Å². The number of ether oxygens (including phenoxy) is 1. The zero-order chi connectivity index (χ0) is 24.9. The predicted octanol–water partition coefficient (Wildman–Crippen LogP) is 4.56. The van der Waals surface area contributed by atoms with Crippen molar-refractivity contribution in [2.24, 2.45) is 11.3 Å². The molecule has 0 saturated carbocycles. The summed E-state index contributed by atoms with van der Waals surface area (Å²) >= 11 is 0. The van der Waals surface area contributed by atoms with Gasteiger partial charge in [-0.25, -0.2) is 9.59 Å². The van der Waals surface area contributed by atoms with E-state index in [4.69, 9.17) is 4.74 Å². The van der Waals surface area contributed by atoms with Crippen LogP contribution in [0.15, 0.2) is 48.5 Å². The molecule has 7 heteroatoms. The van der Waals surface area contributed by atoms with E-state index in [2.05, 4.69) is 34.9 Å². The van der Waals surface area contributed by atoms with Gasteiger partial charge in [0.25, 0.3) is 0 Å². The molecule has 3 rings (SSSR count). The molecule has 0 fully saturated rings. The van der Waals surface area contributed by atoms with Gasteiger partial charge >= 0.3 is 12.1 Å². The van der Waals surface area contributed by atoms with Crippen LogP contribution in [0.25, 0.3) is 11.1 Å². The Balaban J connectivity index is 1.64. The molecule has 3 N–H and O–H groups in total. The van der Waals surface area contributed by atoms with Crippen molar-refractivity contribution in [3.05, 3.63) is 59.7 Å². The maximum atomic E-state index is 13.0. The van der Waals surface area contributed by atoms with Gasteiger partial charge in [-0.05, 0) is 41.0 Å². The number of alkyl carbamates (subject to hydrolysis) is 1. The minimum absolute atomic E-state index is 0.0501. The number of rotatable bonds is 10. The Bertz CT molecular complexity index is 999. The number of carboxylic acids is 1. The van der Waals surface area contributed by atoms with Crippen molar-refractivity contribution in [1.29, 1.82) is 0 Å². The summed E-state index contributed by atoms with van der Waals surface area (Å²) in [5.74, 6) is -1.76. The summed E-state index contributed by atoms with van der Waals surface area (Å²) in [6.07, 6.45) is 0.298. The number of amides is 2. The Hall–Kier alpha value is -3.35. The van der Waals surface area contributed by atoms with Crippen LogP contribution in [0.3, 0.4) is 0 Å². The van der Waals surface area contributed by atoms with Crippen LogP contribution in [0.1, 0.15) is 57.6 Å². The Kier molecular flexibility index (Phi) is 7.97. The highest BCUT2D eigenvalue weighted by Crippen LogP contribution is 2.44. The fourth-order valence-corrected chi connectivity index (χ4v) is 4.60. The summed E-state index contributed by atoms with van der Waals surface area (Å²) in [4.78, 5) is 37.2. The van der Waals surface area contributed by atoms with Gasteiger partial charge in [0.05, 0.1) is 5.41 Å². The zero-order valence-corrected chi connectivity index (χ0v) is 20.3. The molecule has 1 atom stereocenters. The first kappa shape index (κ1) is 25.3. The van der Waals surface area contributed by atoms with E-state index in [0.29, 0.717) is 12.8 Å². The van der Waals surface area contributed by atoms with E-state index in [9.17, 15) is 19.5 Å². The lowest BCUT2D eigenvalue weighted by atomic mass is 9.80. The van der Waals surface area contributed by atoms with E-state index in [1.807, 2.05) is 38.1 Å². The van der Waals surface area contributed by atoms with Gasteiger partial charge in [0.2, 0.25) is 5.91 Å². The highest BCUT2D eigenvalue weighted by Gasteiger charge is 2.38. The van der Waals surface area contributed by atoms with Crippen molar-refractivity contribution in [2.45, 2.75) is 52.5 Å². The normalized spacial score (nSPS) is 13.7. The number of carboxylic acid groups (broad SMARTS) is 1. The number of nitrogens with one attached hydrogen (secondary N) is 2. The molecule has 7 nitrogen and oxygen atoms in total. The van der Waals surface area contributed by atoms with Crippen molar-refractivity contribution < 1.29 is 24.2 Å². The molecule has 34 heavy (non-hydrogen) atoms. The lowest BCUT2D eigenvalue weighted by molar-refractivity contribution is -0.145. The monoisotopic (exact) mass is 466 g/mol. The molecule has 2 aromatic carbocycles. The number of fused-ring (bicyclic) bond motifs is 3. The molecule has 2 amide bonds. The molecule has 2 aromatic rings. The van der Waals surface area contributed by atoms with Gasteiger partial charge in [-0.3, -0.25) is 4.79 Å². The van der Waals surface area contributed by atoms with Crippen LogP contribution in [0.4, 0.5) is 4.79 Å². The number of benzene rings is 2. The minimum atomic E-state index is -1.08. The SMILES string of the molecule is CCC(CC)(CNC(=O)OCC1c2ccccc2-c2ccccc21)C(=O)N[C@@H](C(=O)O)C(C)C. The molecule has 1 aliphatic carbocycles. The molecule has 0 heterocycles. The van der Waals surface area contributed by atoms with Gasteiger partial charge in [0.15, 0.2) is 0 Å². The van der Waals surface area contributed by atoms with E-state index >= 15 is 0 Å². The van der Waals surface area contributed by atoms with E-state index in [1.54, 1.807) is 13.8 Å².